The van der Waals surface area contributed by atoms with Gasteiger partial charge in [0.1, 0.15) is 11.3 Å². The highest BCUT2D eigenvalue weighted by Crippen LogP contribution is 2.27. The van der Waals surface area contributed by atoms with Crippen LogP contribution in [-0.4, -0.2) is 50.2 Å². The summed E-state index contributed by atoms with van der Waals surface area (Å²) in [5.41, 5.74) is 0.837. The van der Waals surface area contributed by atoms with Gasteiger partial charge in [-0.2, -0.15) is 10.2 Å². The zero-order chi connectivity index (χ0) is 19.1. The molecule has 2 heterocycles. The van der Waals surface area contributed by atoms with Crippen molar-refractivity contribution in [2.75, 3.05) is 24.4 Å². The second-order valence-corrected chi connectivity index (χ2v) is 5.28. The van der Waals surface area contributed by atoms with E-state index in [-0.39, 0.29) is 23.3 Å². The first-order valence-electron chi connectivity index (χ1n) is 8.16. The molecule has 3 aromatic rings. The normalized spacial score (nSPS) is 10.3. The lowest BCUT2D eigenvalue weighted by Gasteiger charge is -2.12. The number of methoxy groups -OCH3 is 1. The van der Waals surface area contributed by atoms with Gasteiger partial charge in [0.2, 0.25) is 11.8 Å². The van der Waals surface area contributed by atoms with Crippen LogP contribution in [0.1, 0.15) is 23.7 Å². The quantitative estimate of drug-likeness (QED) is 0.541. The molecule has 11 heteroatoms. The van der Waals surface area contributed by atoms with Crippen LogP contribution in [0.2, 0.25) is 0 Å². The largest absolute Gasteiger partial charge is 0.495 e. The number of tetrazole rings is 1. The highest BCUT2D eigenvalue weighted by Gasteiger charge is 2.18. The van der Waals surface area contributed by atoms with Gasteiger partial charge in [0.25, 0.3) is 11.9 Å². The molecular weight excluding hydrogens is 352 g/mol. The molecule has 0 bridgehead atoms. The van der Waals surface area contributed by atoms with E-state index in [9.17, 15) is 4.79 Å². The first kappa shape index (κ1) is 18.0. The highest BCUT2D eigenvalue weighted by molar-refractivity contribution is 6.04. The summed E-state index contributed by atoms with van der Waals surface area (Å²) in [5.74, 6) is 0.576. The van der Waals surface area contributed by atoms with E-state index >= 15 is 0 Å². The Hall–Kier alpha value is -3.76. The molecule has 0 atom stereocenters. The maximum Gasteiger partial charge on any atom is 0.270 e. The molecule has 0 saturated carbocycles. The van der Waals surface area contributed by atoms with E-state index < -0.39 is 5.91 Å². The Kier molecular flexibility index (Phi) is 5.72. The number of H-pyrrole nitrogens is 1. The number of hydrogen-bond acceptors (Lipinski definition) is 9. The van der Waals surface area contributed by atoms with Crippen LogP contribution in [0.25, 0.3) is 0 Å². The Morgan fingerprint density at radius 3 is 2.85 bits per heavy atom. The second-order valence-electron chi connectivity index (χ2n) is 5.28. The van der Waals surface area contributed by atoms with Crippen molar-refractivity contribution in [2.45, 2.75) is 13.3 Å². The Labute approximate surface area is 154 Å². The summed E-state index contributed by atoms with van der Waals surface area (Å²) in [4.78, 5) is 20.9. The molecule has 27 heavy (non-hydrogen) atoms. The van der Waals surface area contributed by atoms with E-state index in [1.54, 1.807) is 7.11 Å². The van der Waals surface area contributed by atoms with E-state index in [1.165, 1.54) is 6.20 Å². The molecule has 3 N–H and O–H groups in total. The van der Waals surface area contributed by atoms with Crippen molar-refractivity contribution in [1.82, 2.24) is 30.6 Å². The Morgan fingerprint density at radius 2 is 2.11 bits per heavy atom. The Bertz CT molecular complexity index is 900. The number of hydrogen-bond donors (Lipinski definition) is 3. The van der Waals surface area contributed by atoms with Crippen molar-refractivity contribution in [1.29, 1.82) is 0 Å². The SMILES string of the molecule is CCCOc1nc(Nc2ccccc2OC)ncc1C(=O)Nc1nn[nH]n1. The average Bonchev–Trinajstić information content (AvgIpc) is 3.20. The fraction of sp³-hybridized carbons (Fsp3) is 0.250. The fourth-order valence-electron chi connectivity index (χ4n) is 2.14. The van der Waals surface area contributed by atoms with Gasteiger partial charge in [-0.25, -0.2) is 4.98 Å². The molecule has 1 amide bonds. The van der Waals surface area contributed by atoms with E-state index in [2.05, 4.69) is 41.2 Å². The Morgan fingerprint density at radius 1 is 1.26 bits per heavy atom. The van der Waals surface area contributed by atoms with E-state index in [0.29, 0.717) is 18.0 Å². The molecule has 0 radical (unpaired) electrons. The van der Waals surface area contributed by atoms with Gasteiger partial charge in [-0.3, -0.25) is 10.1 Å². The number of benzene rings is 1. The van der Waals surface area contributed by atoms with E-state index in [0.717, 1.165) is 6.42 Å². The summed E-state index contributed by atoms with van der Waals surface area (Å²) < 4.78 is 10.9. The molecule has 0 aliphatic heterocycles. The highest BCUT2D eigenvalue weighted by atomic mass is 16.5. The van der Waals surface area contributed by atoms with Crippen molar-refractivity contribution in [3.05, 3.63) is 36.0 Å². The molecule has 1 aromatic carbocycles. The minimum atomic E-state index is -0.508. The van der Waals surface area contributed by atoms with Gasteiger partial charge in [0, 0.05) is 6.20 Å². The van der Waals surface area contributed by atoms with Crippen LogP contribution in [0, 0.1) is 0 Å². The van der Waals surface area contributed by atoms with Crippen molar-refractivity contribution >= 4 is 23.5 Å². The number of nitrogens with one attached hydrogen (secondary N) is 3. The summed E-state index contributed by atoms with van der Waals surface area (Å²) in [5, 5.41) is 18.5. The molecule has 0 saturated heterocycles. The molecular formula is C16H18N8O3. The molecule has 3 rings (SSSR count). The van der Waals surface area contributed by atoms with E-state index in [1.807, 2.05) is 31.2 Å². The third-order valence-corrected chi connectivity index (χ3v) is 3.37. The standard InChI is InChI=1S/C16H18N8O3/c1-3-8-27-14-10(13(25)19-16-21-23-24-22-16)9-17-15(20-14)18-11-6-4-5-7-12(11)26-2/h4-7,9H,3,8H2,1-2H3,(H,17,18,20)(H2,19,21,22,23,24,25). The number of rotatable bonds is 8. The van der Waals surface area contributed by atoms with Crippen LogP contribution in [-0.2, 0) is 0 Å². The number of amides is 1. The van der Waals surface area contributed by atoms with Crippen LogP contribution in [0.4, 0.5) is 17.6 Å². The predicted octanol–water partition coefficient (Wildman–Crippen LogP) is 1.78. The first-order chi connectivity index (χ1) is 13.2. The van der Waals surface area contributed by atoms with Crippen molar-refractivity contribution in [2.24, 2.45) is 0 Å². The number of aromatic amines is 1. The summed E-state index contributed by atoms with van der Waals surface area (Å²) in [6, 6.07) is 7.34. The number of para-hydroxylation sites is 2. The minimum absolute atomic E-state index is 0.0395. The smallest absolute Gasteiger partial charge is 0.270 e. The third-order valence-electron chi connectivity index (χ3n) is 3.37. The third kappa shape index (κ3) is 4.45. The fourth-order valence-corrected chi connectivity index (χ4v) is 2.14. The van der Waals surface area contributed by atoms with Crippen LogP contribution >= 0.6 is 0 Å². The molecule has 0 aliphatic carbocycles. The van der Waals surface area contributed by atoms with Crippen LogP contribution < -0.4 is 20.1 Å². The van der Waals surface area contributed by atoms with Crippen molar-refractivity contribution < 1.29 is 14.3 Å². The van der Waals surface area contributed by atoms with Gasteiger partial charge in [-0.05, 0) is 23.8 Å². The Balaban J connectivity index is 1.85. The molecule has 0 aliphatic rings. The summed E-state index contributed by atoms with van der Waals surface area (Å²) in [7, 11) is 1.57. The van der Waals surface area contributed by atoms with Gasteiger partial charge in [0.15, 0.2) is 0 Å². The lowest BCUT2D eigenvalue weighted by Crippen LogP contribution is -2.17. The summed E-state index contributed by atoms with van der Waals surface area (Å²) in [6.45, 7) is 2.35. The predicted molar refractivity (Wildman–Crippen MR) is 96.2 cm³/mol. The molecule has 11 nitrogen and oxygen atoms in total. The van der Waals surface area contributed by atoms with Gasteiger partial charge in [0.05, 0.1) is 19.4 Å². The summed E-state index contributed by atoms with van der Waals surface area (Å²) >= 11 is 0. The van der Waals surface area contributed by atoms with Gasteiger partial charge >= 0.3 is 0 Å². The maximum atomic E-state index is 12.4. The van der Waals surface area contributed by atoms with Gasteiger partial charge in [-0.15, -0.1) is 5.10 Å². The van der Waals surface area contributed by atoms with Crippen LogP contribution in [0.3, 0.4) is 0 Å². The number of nitrogens with zero attached hydrogens (tertiary/aromatic N) is 5. The maximum absolute atomic E-state index is 12.4. The zero-order valence-electron chi connectivity index (χ0n) is 14.8. The average molecular weight is 370 g/mol. The number of carbonyl (C=O) groups is 1. The monoisotopic (exact) mass is 370 g/mol. The zero-order valence-corrected chi connectivity index (χ0v) is 14.8. The number of carbonyl (C=O) groups excluding carboxylic acids is 1. The topological polar surface area (TPSA) is 140 Å². The lowest BCUT2D eigenvalue weighted by atomic mass is 10.3. The molecule has 2 aromatic heterocycles. The summed E-state index contributed by atoms with van der Waals surface area (Å²) in [6.07, 6.45) is 2.12. The number of aromatic nitrogens is 6. The molecule has 140 valence electrons. The van der Waals surface area contributed by atoms with Crippen LogP contribution in [0.15, 0.2) is 30.5 Å². The van der Waals surface area contributed by atoms with Gasteiger partial charge < -0.3 is 14.8 Å². The lowest BCUT2D eigenvalue weighted by molar-refractivity contribution is 0.102. The number of ether oxygens (including phenoxy) is 2. The van der Waals surface area contributed by atoms with Crippen molar-refractivity contribution in [3.63, 3.8) is 0 Å². The van der Waals surface area contributed by atoms with Gasteiger partial charge in [-0.1, -0.05) is 24.2 Å². The van der Waals surface area contributed by atoms with Crippen molar-refractivity contribution in [3.8, 4) is 11.6 Å². The first-order valence-corrected chi connectivity index (χ1v) is 8.16. The molecule has 0 spiro atoms. The van der Waals surface area contributed by atoms with E-state index in [4.69, 9.17) is 9.47 Å². The van der Waals surface area contributed by atoms with Crippen LogP contribution in [0.5, 0.6) is 11.6 Å². The molecule has 0 unspecified atom stereocenters. The second kappa shape index (κ2) is 8.56. The minimum Gasteiger partial charge on any atom is -0.495 e. The molecule has 0 fully saturated rings. The number of anilines is 3.